The van der Waals surface area contributed by atoms with Gasteiger partial charge >= 0.3 is 0 Å². The molecule has 1 atom stereocenters. The average Bonchev–Trinajstić information content (AvgIpc) is 2.04. The topological polar surface area (TPSA) is 55.1 Å². The summed E-state index contributed by atoms with van der Waals surface area (Å²) in [6.07, 6.45) is 2.21. The number of amides is 1. The van der Waals surface area contributed by atoms with Crippen molar-refractivity contribution in [2.45, 2.75) is 26.7 Å². The second-order valence-electron chi connectivity index (χ2n) is 2.86. The molecule has 0 spiro atoms. The van der Waals surface area contributed by atoms with Crippen LogP contribution in [0.3, 0.4) is 0 Å². The average molecular weight is 158 g/mol. The Morgan fingerprint density at radius 3 is 2.73 bits per heavy atom. The lowest BCUT2D eigenvalue weighted by atomic mass is 10.1. The number of carbonyl (C=O) groups excluding carboxylic acids is 1. The molecule has 0 aliphatic carbocycles. The van der Waals surface area contributed by atoms with Gasteiger partial charge in [-0.25, -0.2) is 0 Å². The Morgan fingerprint density at radius 1 is 1.64 bits per heavy atom. The third kappa shape index (κ3) is 5.85. The molecule has 0 saturated heterocycles. The summed E-state index contributed by atoms with van der Waals surface area (Å²) in [4.78, 5) is 10.6. The van der Waals surface area contributed by atoms with Gasteiger partial charge in [0, 0.05) is 6.54 Å². The minimum atomic E-state index is -0.0618. The number of rotatable bonds is 5. The van der Waals surface area contributed by atoms with Crippen molar-refractivity contribution in [1.29, 1.82) is 0 Å². The van der Waals surface area contributed by atoms with Gasteiger partial charge in [-0.1, -0.05) is 20.3 Å². The van der Waals surface area contributed by atoms with Gasteiger partial charge in [-0.05, 0) is 12.3 Å². The second-order valence-corrected chi connectivity index (χ2v) is 2.86. The highest BCUT2D eigenvalue weighted by atomic mass is 16.1. The first-order chi connectivity index (χ1) is 5.20. The van der Waals surface area contributed by atoms with Crippen LogP contribution in [-0.2, 0) is 4.79 Å². The molecule has 0 saturated carbocycles. The fraction of sp³-hybridized carbons (Fsp3) is 0.875. The number of nitrogens with one attached hydrogen (secondary N) is 1. The van der Waals surface area contributed by atoms with Crippen molar-refractivity contribution < 1.29 is 4.79 Å². The number of hydrogen-bond donors (Lipinski definition) is 2. The molecule has 0 bridgehead atoms. The van der Waals surface area contributed by atoms with Crippen molar-refractivity contribution >= 4 is 5.91 Å². The minimum Gasteiger partial charge on any atom is -0.355 e. The molecular weight excluding hydrogens is 140 g/mol. The van der Waals surface area contributed by atoms with Gasteiger partial charge in [0.1, 0.15) is 0 Å². The van der Waals surface area contributed by atoms with Gasteiger partial charge < -0.3 is 11.1 Å². The molecular formula is C8H18N2O. The first-order valence-corrected chi connectivity index (χ1v) is 4.17. The molecule has 1 amide bonds. The zero-order valence-electron chi connectivity index (χ0n) is 7.39. The summed E-state index contributed by atoms with van der Waals surface area (Å²) in [6, 6.07) is 0. The molecule has 0 aliphatic heterocycles. The van der Waals surface area contributed by atoms with Crippen LogP contribution in [0, 0.1) is 5.92 Å². The highest BCUT2D eigenvalue weighted by Crippen LogP contribution is 2.03. The van der Waals surface area contributed by atoms with E-state index < -0.39 is 0 Å². The van der Waals surface area contributed by atoms with E-state index in [1.54, 1.807) is 0 Å². The van der Waals surface area contributed by atoms with Gasteiger partial charge in [-0.3, -0.25) is 4.79 Å². The van der Waals surface area contributed by atoms with Crippen molar-refractivity contribution in [2.75, 3.05) is 13.1 Å². The number of carbonyl (C=O) groups is 1. The van der Waals surface area contributed by atoms with E-state index in [0.717, 1.165) is 13.0 Å². The van der Waals surface area contributed by atoms with Crippen molar-refractivity contribution in [3.63, 3.8) is 0 Å². The molecule has 0 aromatic carbocycles. The highest BCUT2D eigenvalue weighted by Gasteiger charge is 1.99. The lowest BCUT2D eigenvalue weighted by molar-refractivity contribution is -0.119. The van der Waals surface area contributed by atoms with E-state index in [4.69, 9.17) is 5.73 Å². The van der Waals surface area contributed by atoms with Crippen LogP contribution in [0.4, 0.5) is 0 Å². The third-order valence-electron chi connectivity index (χ3n) is 1.84. The lowest BCUT2D eigenvalue weighted by Crippen LogP contribution is -2.31. The Morgan fingerprint density at radius 2 is 2.27 bits per heavy atom. The summed E-state index contributed by atoms with van der Waals surface area (Å²) in [5.74, 6) is 0.626. The van der Waals surface area contributed by atoms with Gasteiger partial charge in [-0.15, -0.1) is 0 Å². The smallest absolute Gasteiger partial charge is 0.233 e. The van der Waals surface area contributed by atoms with Crippen LogP contribution in [0.15, 0.2) is 0 Å². The first-order valence-electron chi connectivity index (χ1n) is 4.17. The van der Waals surface area contributed by atoms with Gasteiger partial charge in [-0.2, -0.15) is 0 Å². The van der Waals surface area contributed by atoms with Gasteiger partial charge in [0.2, 0.25) is 5.91 Å². The molecule has 0 fully saturated rings. The van der Waals surface area contributed by atoms with E-state index in [2.05, 4.69) is 19.2 Å². The maximum Gasteiger partial charge on any atom is 0.233 e. The van der Waals surface area contributed by atoms with E-state index in [-0.39, 0.29) is 12.5 Å². The molecule has 3 nitrogen and oxygen atoms in total. The summed E-state index contributed by atoms with van der Waals surface area (Å²) in [5.41, 5.74) is 5.11. The van der Waals surface area contributed by atoms with Crippen LogP contribution in [0.1, 0.15) is 26.7 Å². The Kier molecular flexibility index (Phi) is 5.84. The molecule has 1 unspecified atom stereocenters. The minimum absolute atomic E-state index is 0.0618. The lowest BCUT2D eigenvalue weighted by Gasteiger charge is -2.08. The standard InChI is InChI=1S/C8H18N2O/c1-3-7(2)4-5-10-8(11)6-9/h7H,3-6,9H2,1-2H3,(H,10,11). The molecule has 0 radical (unpaired) electrons. The molecule has 0 aromatic heterocycles. The van der Waals surface area contributed by atoms with Crippen LogP contribution >= 0.6 is 0 Å². The summed E-state index contributed by atoms with van der Waals surface area (Å²) in [7, 11) is 0. The van der Waals surface area contributed by atoms with E-state index >= 15 is 0 Å². The molecule has 11 heavy (non-hydrogen) atoms. The first kappa shape index (κ1) is 10.4. The van der Waals surface area contributed by atoms with Crippen LogP contribution in [0.2, 0.25) is 0 Å². The zero-order valence-corrected chi connectivity index (χ0v) is 7.39. The largest absolute Gasteiger partial charge is 0.355 e. The molecule has 0 aliphatic rings. The van der Waals surface area contributed by atoms with Gasteiger partial charge in [0.25, 0.3) is 0 Å². The molecule has 3 N–H and O–H groups in total. The number of nitrogens with two attached hydrogens (primary N) is 1. The quantitative estimate of drug-likeness (QED) is 0.612. The Labute approximate surface area is 68.3 Å². The van der Waals surface area contributed by atoms with E-state index in [0.29, 0.717) is 5.92 Å². The summed E-state index contributed by atoms with van der Waals surface area (Å²) in [5, 5.41) is 2.73. The van der Waals surface area contributed by atoms with Gasteiger partial charge in [0.05, 0.1) is 6.54 Å². The van der Waals surface area contributed by atoms with Crippen LogP contribution < -0.4 is 11.1 Å². The molecule has 0 aromatic rings. The van der Waals surface area contributed by atoms with Crippen molar-refractivity contribution in [3.8, 4) is 0 Å². The predicted molar refractivity (Wildman–Crippen MR) is 46.1 cm³/mol. The Hall–Kier alpha value is -0.570. The van der Waals surface area contributed by atoms with Crippen molar-refractivity contribution in [2.24, 2.45) is 11.7 Å². The Balaban J connectivity index is 3.20. The Bertz CT molecular complexity index is 115. The van der Waals surface area contributed by atoms with Crippen molar-refractivity contribution in [1.82, 2.24) is 5.32 Å². The fourth-order valence-corrected chi connectivity index (χ4v) is 0.734. The molecule has 66 valence electrons. The van der Waals surface area contributed by atoms with E-state index in [1.165, 1.54) is 6.42 Å². The summed E-state index contributed by atoms with van der Waals surface area (Å²) >= 11 is 0. The highest BCUT2D eigenvalue weighted by molar-refractivity contribution is 5.77. The molecule has 3 heteroatoms. The van der Waals surface area contributed by atoms with Crippen molar-refractivity contribution in [3.05, 3.63) is 0 Å². The van der Waals surface area contributed by atoms with Gasteiger partial charge in [0.15, 0.2) is 0 Å². The molecule has 0 rings (SSSR count). The summed E-state index contributed by atoms with van der Waals surface area (Å²) in [6.45, 7) is 5.18. The molecule has 0 heterocycles. The fourth-order valence-electron chi connectivity index (χ4n) is 0.734. The second kappa shape index (κ2) is 6.16. The third-order valence-corrected chi connectivity index (χ3v) is 1.84. The SMILES string of the molecule is CCC(C)CCNC(=O)CN. The monoisotopic (exact) mass is 158 g/mol. The van der Waals surface area contributed by atoms with E-state index in [9.17, 15) is 4.79 Å². The van der Waals surface area contributed by atoms with E-state index in [1.807, 2.05) is 0 Å². The maximum atomic E-state index is 10.6. The summed E-state index contributed by atoms with van der Waals surface area (Å²) < 4.78 is 0. The maximum absolute atomic E-state index is 10.6. The van der Waals surface area contributed by atoms with Crippen LogP contribution in [0.25, 0.3) is 0 Å². The predicted octanol–water partition coefficient (Wildman–Crippen LogP) is 0.497. The normalized spacial score (nSPS) is 12.6. The number of hydrogen-bond acceptors (Lipinski definition) is 2. The zero-order chi connectivity index (χ0) is 8.69. The van der Waals surface area contributed by atoms with Crippen LogP contribution in [-0.4, -0.2) is 19.0 Å². The van der Waals surface area contributed by atoms with Crippen LogP contribution in [0.5, 0.6) is 0 Å².